The third kappa shape index (κ3) is 5.45. The zero-order chi connectivity index (χ0) is 9.14. The molecule has 0 aromatic carbocycles. The molecule has 1 heterocycles. The second-order valence-corrected chi connectivity index (χ2v) is 2.04. The number of carboxylic acid groups (broad SMARTS) is 2. The van der Waals surface area contributed by atoms with Gasteiger partial charge in [-0.3, -0.25) is 4.98 Å². The third-order valence-electron chi connectivity index (χ3n) is 1.21. The Morgan fingerprint density at radius 2 is 1.36 bits per heavy atom. The Kier molecular flexibility index (Phi) is 10.8. The molecular formula is C7H3K2NO4. The van der Waals surface area contributed by atoms with Crippen molar-refractivity contribution in [2.24, 2.45) is 0 Å². The molecule has 1 aromatic heterocycles. The SMILES string of the molecule is O=C([O-])c1cncc(C(=O)[O-])c1.[K+].[K+]. The summed E-state index contributed by atoms with van der Waals surface area (Å²) >= 11 is 0. The molecule has 0 aliphatic rings. The van der Waals surface area contributed by atoms with Gasteiger partial charge in [0.1, 0.15) is 0 Å². The van der Waals surface area contributed by atoms with Crippen LogP contribution in [0.5, 0.6) is 0 Å². The fourth-order valence-corrected chi connectivity index (χ4v) is 0.663. The van der Waals surface area contributed by atoms with Gasteiger partial charge in [0.25, 0.3) is 0 Å². The Labute approximate surface area is 165 Å². The Balaban J connectivity index is 0. The van der Waals surface area contributed by atoms with Crippen molar-refractivity contribution in [2.45, 2.75) is 0 Å². The van der Waals surface area contributed by atoms with Crippen LogP contribution in [0.15, 0.2) is 18.5 Å². The predicted molar refractivity (Wildman–Crippen MR) is 32.9 cm³/mol. The van der Waals surface area contributed by atoms with Crippen molar-refractivity contribution in [3.8, 4) is 0 Å². The smallest absolute Gasteiger partial charge is 0.545 e. The van der Waals surface area contributed by atoms with E-state index in [1.54, 1.807) is 0 Å². The summed E-state index contributed by atoms with van der Waals surface area (Å²) in [5, 5.41) is 20.4. The van der Waals surface area contributed by atoms with Crippen LogP contribution in [0, 0.1) is 0 Å². The number of hydrogen-bond acceptors (Lipinski definition) is 5. The van der Waals surface area contributed by atoms with Gasteiger partial charge in [-0.1, -0.05) is 0 Å². The molecule has 0 unspecified atom stereocenters. The maximum absolute atomic E-state index is 10.2. The van der Waals surface area contributed by atoms with Crippen molar-refractivity contribution in [3.63, 3.8) is 0 Å². The second kappa shape index (κ2) is 8.51. The van der Waals surface area contributed by atoms with E-state index in [1.165, 1.54) is 0 Å². The van der Waals surface area contributed by atoms with E-state index in [-0.39, 0.29) is 114 Å². The molecule has 0 amide bonds. The Morgan fingerprint density at radius 3 is 1.64 bits per heavy atom. The van der Waals surface area contributed by atoms with Crippen LogP contribution in [0.2, 0.25) is 0 Å². The number of carbonyl (C=O) groups excluding carboxylic acids is 2. The molecule has 1 aromatic rings. The number of nitrogens with zero attached hydrogens (tertiary/aromatic N) is 1. The van der Waals surface area contributed by atoms with E-state index in [4.69, 9.17) is 0 Å². The first-order valence-corrected chi connectivity index (χ1v) is 2.99. The van der Waals surface area contributed by atoms with Gasteiger partial charge in [0.2, 0.25) is 0 Å². The van der Waals surface area contributed by atoms with Gasteiger partial charge >= 0.3 is 103 Å². The average molecular weight is 243 g/mol. The summed E-state index contributed by atoms with van der Waals surface area (Å²) in [7, 11) is 0. The van der Waals surface area contributed by atoms with Gasteiger partial charge in [0.15, 0.2) is 0 Å². The summed E-state index contributed by atoms with van der Waals surface area (Å²) in [5.74, 6) is -2.93. The summed E-state index contributed by atoms with van der Waals surface area (Å²) in [6.07, 6.45) is 2.00. The van der Waals surface area contributed by atoms with Gasteiger partial charge in [-0.05, 0) is 6.07 Å². The minimum absolute atomic E-state index is 0. The fraction of sp³-hybridized carbons (Fsp3) is 0. The van der Waals surface area contributed by atoms with Crippen LogP contribution in [-0.4, -0.2) is 16.9 Å². The molecule has 0 saturated carbocycles. The molecule has 0 radical (unpaired) electrons. The first kappa shape index (κ1) is 17.7. The molecule has 14 heavy (non-hydrogen) atoms. The molecule has 0 fully saturated rings. The number of aromatic nitrogens is 1. The third-order valence-corrected chi connectivity index (χ3v) is 1.21. The summed E-state index contributed by atoms with van der Waals surface area (Å²) < 4.78 is 0. The van der Waals surface area contributed by atoms with E-state index in [9.17, 15) is 19.8 Å². The minimum atomic E-state index is -1.47. The number of hydrogen-bond donors (Lipinski definition) is 0. The minimum Gasteiger partial charge on any atom is -0.545 e. The van der Waals surface area contributed by atoms with Gasteiger partial charge in [0, 0.05) is 23.5 Å². The molecule has 0 bridgehead atoms. The van der Waals surface area contributed by atoms with Gasteiger partial charge in [-0.2, -0.15) is 0 Å². The molecular weight excluding hydrogens is 240 g/mol. The molecule has 5 nitrogen and oxygen atoms in total. The van der Waals surface area contributed by atoms with Gasteiger partial charge in [-0.15, -0.1) is 0 Å². The molecule has 7 heteroatoms. The van der Waals surface area contributed by atoms with Gasteiger partial charge in [0.05, 0.1) is 11.9 Å². The molecule has 1 rings (SSSR count). The first-order valence-electron chi connectivity index (χ1n) is 2.99. The van der Waals surface area contributed by atoms with Crippen molar-refractivity contribution in [1.29, 1.82) is 0 Å². The van der Waals surface area contributed by atoms with Crippen LogP contribution < -0.4 is 113 Å². The quantitative estimate of drug-likeness (QED) is 0.481. The topological polar surface area (TPSA) is 93.2 Å². The number of pyridine rings is 1. The molecule has 0 aliphatic heterocycles. The monoisotopic (exact) mass is 243 g/mol. The zero-order valence-corrected chi connectivity index (χ0v) is 14.1. The average Bonchev–Trinajstić information content (AvgIpc) is 2.04. The Bertz CT molecular complexity index is 313. The van der Waals surface area contributed by atoms with Crippen LogP contribution in [0.25, 0.3) is 0 Å². The molecule has 62 valence electrons. The molecule has 0 atom stereocenters. The van der Waals surface area contributed by atoms with Crippen LogP contribution in [-0.2, 0) is 0 Å². The van der Waals surface area contributed by atoms with E-state index in [0.29, 0.717) is 0 Å². The summed E-state index contributed by atoms with van der Waals surface area (Å²) in [6.45, 7) is 0. The number of carboxylic acids is 2. The van der Waals surface area contributed by atoms with Crippen LogP contribution in [0.3, 0.4) is 0 Å². The maximum Gasteiger partial charge on any atom is 1.00 e. The van der Waals surface area contributed by atoms with Crippen LogP contribution in [0.1, 0.15) is 20.7 Å². The van der Waals surface area contributed by atoms with E-state index >= 15 is 0 Å². The molecule has 0 saturated heterocycles. The standard InChI is InChI=1S/C7H5NO4.2K/c9-6(10)4-1-5(7(11)12)3-8-2-4;;/h1-3H,(H,9,10)(H,11,12);;/q;2*+1/p-2. The van der Waals surface area contributed by atoms with E-state index < -0.39 is 11.9 Å². The van der Waals surface area contributed by atoms with Gasteiger partial charge < -0.3 is 19.8 Å². The summed E-state index contributed by atoms with van der Waals surface area (Å²) in [5.41, 5.74) is -0.562. The zero-order valence-electron chi connectivity index (χ0n) is 7.81. The van der Waals surface area contributed by atoms with E-state index in [1.807, 2.05) is 0 Å². The van der Waals surface area contributed by atoms with Crippen molar-refractivity contribution in [2.75, 3.05) is 0 Å². The summed E-state index contributed by atoms with van der Waals surface area (Å²) in [6, 6.07) is 0.928. The predicted octanol–water partition coefficient (Wildman–Crippen LogP) is -8.18. The Hall–Kier alpha value is 1.36. The molecule has 0 N–H and O–H groups in total. The van der Waals surface area contributed by atoms with Crippen LogP contribution in [0.4, 0.5) is 0 Å². The second-order valence-electron chi connectivity index (χ2n) is 2.04. The number of carbonyl (C=O) groups is 2. The summed E-state index contributed by atoms with van der Waals surface area (Å²) in [4.78, 5) is 23.8. The molecule has 0 aliphatic carbocycles. The van der Waals surface area contributed by atoms with Crippen molar-refractivity contribution < 1.29 is 123 Å². The fourth-order valence-electron chi connectivity index (χ4n) is 0.663. The van der Waals surface area contributed by atoms with Crippen molar-refractivity contribution in [1.82, 2.24) is 4.98 Å². The largest absolute Gasteiger partial charge is 1.00 e. The van der Waals surface area contributed by atoms with Crippen LogP contribution >= 0.6 is 0 Å². The number of rotatable bonds is 2. The Morgan fingerprint density at radius 1 is 1.00 bits per heavy atom. The normalized spacial score (nSPS) is 8.00. The van der Waals surface area contributed by atoms with E-state index in [2.05, 4.69) is 4.98 Å². The van der Waals surface area contributed by atoms with Gasteiger partial charge in [-0.25, -0.2) is 0 Å². The van der Waals surface area contributed by atoms with Crippen molar-refractivity contribution >= 4 is 11.9 Å². The van der Waals surface area contributed by atoms with E-state index in [0.717, 1.165) is 18.5 Å². The number of aromatic carboxylic acids is 2. The van der Waals surface area contributed by atoms with Crippen molar-refractivity contribution in [3.05, 3.63) is 29.6 Å². The maximum atomic E-state index is 10.2. The first-order chi connectivity index (χ1) is 5.61. The molecule has 0 spiro atoms.